The summed E-state index contributed by atoms with van der Waals surface area (Å²) in [5, 5.41) is 7.99. The number of nitrogens with two attached hydrogens (primary N) is 7. The fraction of sp³-hybridized carbons (Fsp3) is 0.163. The van der Waals surface area contributed by atoms with Crippen LogP contribution in [-0.2, 0) is 19.3 Å². The molecule has 0 aliphatic rings. The lowest BCUT2D eigenvalue weighted by Crippen LogP contribution is -2.08. The van der Waals surface area contributed by atoms with E-state index in [1.807, 2.05) is 104 Å². The molecule has 0 bridgehead atoms. The van der Waals surface area contributed by atoms with E-state index in [0.717, 1.165) is 66.2 Å². The van der Waals surface area contributed by atoms with Gasteiger partial charge in [-0.05, 0) is 97.4 Å². The van der Waals surface area contributed by atoms with Gasteiger partial charge in [0.05, 0.1) is 5.69 Å². The minimum atomic E-state index is 0.0903. The number of halogens is 4. The molecule has 16 N–H and O–H groups in total. The minimum absolute atomic E-state index is 0.0903. The van der Waals surface area contributed by atoms with E-state index in [-0.39, 0.29) is 28.2 Å². The van der Waals surface area contributed by atoms with Crippen molar-refractivity contribution in [2.24, 2.45) is 5.73 Å². The summed E-state index contributed by atoms with van der Waals surface area (Å²) in [7, 11) is 0. The van der Waals surface area contributed by atoms with E-state index in [1.165, 1.54) is 22.8 Å². The molecule has 7 rings (SSSR count). The van der Waals surface area contributed by atoms with Gasteiger partial charge in [-0.2, -0.15) is 9.97 Å². The Hall–Kier alpha value is -6.36. The van der Waals surface area contributed by atoms with Gasteiger partial charge in [-0.25, -0.2) is 19.9 Å². The second kappa shape index (κ2) is 24.8. The molecule has 0 saturated heterocycles. The number of benzene rings is 4. The Bertz CT molecular complexity index is 2390. The standard InChI is InChI=1S/C19H20ClN5.C12H14ClN5.C8H12N2.C4H3Cl2N3/c1-12-15(3-2-4-16(12)20)17-11-18(25-19(22)24-17)23-10-9-13-5-7-14(21)8-6-13;13-10-7-11(18-12(15)17-10)16-6-5-8-1-3-9(14)4-2-8;9-6-5-7-1-3-8(10)4-2-7;5-2-1-3(6)9-4(7)8-2/h2-8,11H,9-10,21H2,1H3,(H3,22,23,24,25);1-4,7H,5-6,14H2,(H3,15,16,17,18);1-4H,5-6,9-10H2;1H,(H2,7,8,9). The lowest BCUT2D eigenvalue weighted by atomic mass is 10.1. The maximum atomic E-state index is 6.21. The van der Waals surface area contributed by atoms with Gasteiger partial charge in [-0.1, -0.05) is 94.9 Å². The minimum Gasteiger partial charge on any atom is -0.399 e. The molecule has 3 heterocycles. The van der Waals surface area contributed by atoms with E-state index >= 15 is 0 Å². The molecule has 15 nitrogen and oxygen atoms in total. The molecule has 62 heavy (non-hydrogen) atoms. The number of nitrogen functional groups attached to an aromatic ring is 6. The highest BCUT2D eigenvalue weighted by atomic mass is 35.5. The van der Waals surface area contributed by atoms with Gasteiger partial charge < -0.3 is 50.8 Å². The van der Waals surface area contributed by atoms with Gasteiger partial charge >= 0.3 is 0 Å². The number of rotatable bonds is 11. The number of hydrogen-bond donors (Lipinski definition) is 9. The zero-order chi connectivity index (χ0) is 45.0. The molecule has 0 unspecified atom stereocenters. The van der Waals surface area contributed by atoms with Gasteiger partial charge in [0.2, 0.25) is 17.8 Å². The molecular weight excluding hydrogens is 868 g/mol. The Morgan fingerprint density at radius 3 is 1.31 bits per heavy atom. The van der Waals surface area contributed by atoms with Crippen LogP contribution in [0.3, 0.4) is 0 Å². The molecule has 324 valence electrons. The van der Waals surface area contributed by atoms with Crippen molar-refractivity contribution in [3.8, 4) is 11.3 Å². The van der Waals surface area contributed by atoms with Crippen LogP contribution >= 0.6 is 46.4 Å². The Morgan fingerprint density at radius 1 is 0.468 bits per heavy atom. The average molecular weight is 918 g/mol. The van der Waals surface area contributed by atoms with E-state index in [4.69, 9.17) is 86.5 Å². The van der Waals surface area contributed by atoms with Crippen molar-refractivity contribution in [2.45, 2.75) is 26.2 Å². The van der Waals surface area contributed by atoms with Crippen molar-refractivity contribution < 1.29 is 0 Å². The molecule has 3 aromatic heterocycles. The molecule has 7 aromatic rings. The second-order valence-corrected chi connectivity index (χ2v) is 14.9. The van der Waals surface area contributed by atoms with E-state index in [9.17, 15) is 0 Å². The Labute approximate surface area is 380 Å². The molecule has 0 spiro atoms. The zero-order valence-electron chi connectivity index (χ0n) is 33.9. The maximum Gasteiger partial charge on any atom is 0.223 e. The molecule has 0 saturated carbocycles. The largest absolute Gasteiger partial charge is 0.399 e. The number of aromatic nitrogens is 6. The van der Waals surface area contributed by atoms with E-state index in [2.05, 4.69) is 40.5 Å². The monoisotopic (exact) mass is 915 g/mol. The van der Waals surface area contributed by atoms with Crippen LogP contribution in [-0.4, -0.2) is 49.5 Å². The third-order valence-corrected chi connectivity index (χ3v) is 9.48. The van der Waals surface area contributed by atoms with Crippen LogP contribution in [0.2, 0.25) is 20.5 Å². The predicted octanol–water partition coefficient (Wildman–Crippen LogP) is 8.01. The van der Waals surface area contributed by atoms with Crippen LogP contribution in [0.15, 0.2) is 109 Å². The van der Waals surface area contributed by atoms with Gasteiger partial charge in [0.15, 0.2) is 0 Å². The van der Waals surface area contributed by atoms with E-state index in [0.29, 0.717) is 28.4 Å². The maximum absolute atomic E-state index is 6.21. The summed E-state index contributed by atoms with van der Waals surface area (Å²) >= 11 is 22.9. The SMILES string of the molecule is Cc1c(Cl)cccc1-c1cc(NCCc2ccc(N)cc2)nc(N)n1.NCCc1ccc(N)cc1.Nc1ccc(CCNc2cc(Cl)nc(N)n2)cc1.Nc1nc(Cl)cc(Cl)n1. The number of nitrogens with one attached hydrogen (secondary N) is 2. The van der Waals surface area contributed by atoms with E-state index in [1.54, 1.807) is 6.07 Å². The molecule has 0 aliphatic carbocycles. The Morgan fingerprint density at radius 2 is 0.871 bits per heavy atom. The molecule has 0 amide bonds. The zero-order valence-corrected chi connectivity index (χ0v) is 36.9. The summed E-state index contributed by atoms with van der Waals surface area (Å²) in [6.07, 6.45) is 2.65. The normalized spacial score (nSPS) is 10.2. The third-order valence-electron chi connectivity index (χ3n) is 8.49. The Kier molecular flexibility index (Phi) is 19.3. The van der Waals surface area contributed by atoms with Crippen molar-refractivity contribution >= 4 is 92.9 Å². The first-order valence-electron chi connectivity index (χ1n) is 19.0. The highest BCUT2D eigenvalue weighted by molar-refractivity contribution is 6.33. The van der Waals surface area contributed by atoms with Gasteiger partial charge in [0, 0.05) is 58.9 Å². The average Bonchev–Trinajstić information content (AvgIpc) is 3.21. The first-order valence-corrected chi connectivity index (χ1v) is 20.5. The van der Waals surface area contributed by atoms with Gasteiger partial charge in [0.25, 0.3) is 0 Å². The molecule has 4 aromatic carbocycles. The van der Waals surface area contributed by atoms with Crippen molar-refractivity contribution in [3.05, 3.63) is 152 Å². The topological polar surface area (TPSA) is 284 Å². The van der Waals surface area contributed by atoms with E-state index < -0.39 is 0 Å². The highest BCUT2D eigenvalue weighted by Gasteiger charge is 2.10. The third kappa shape index (κ3) is 17.3. The first kappa shape index (κ1) is 48.3. The molecule has 19 heteroatoms. The first-order chi connectivity index (χ1) is 29.7. The fourth-order valence-corrected chi connectivity index (χ4v) is 6.20. The van der Waals surface area contributed by atoms with Crippen LogP contribution in [0.5, 0.6) is 0 Å². The molecule has 0 atom stereocenters. The summed E-state index contributed by atoms with van der Waals surface area (Å²) in [4.78, 5) is 23.6. The summed E-state index contributed by atoms with van der Waals surface area (Å²) in [6, 6.07) is 34.1. The Balaban J connectivity index is 0.000000198. The number of anilines is 8. The van der Waals surface area contributed by atoms with Gasteiger partial charge in [0.1, 0.15) is 27.1 Å². The molecule has 0 fully saturated rings. The van der Waals surface area contributed by atoms with Gasteiger partial charge in [-0.3, -0.25) is 0 Å². The van der Waals surface area contributed by atoms with Crippen molar-refractivity contribution in [2.75, 3.05) is 64.7 Å². The van der Waals surface area contributed by atoms with Crippen molar-refractivity contribution in [1.82, 2.24) is 29.9 Å². The van der Waals surface area contributed by atoms with Crippen LogP contribution in [0, 0.1) is 6.92 Å². The quantitative estimate of drug-likeness (QED) is 0.0439. The van der Waals surface area contributed by atoms with Crippen molar-refractivity contribution in [1.29, 1.82) is 0 Å². The van der Waals surface area contributed by atoms with Crippen LogP contribution in [0.4, 0.5) is 46.5 Å². The molecule has 0 radical (unpaired) electrons. The number of nitrogens with zero attached hydrogens (tertiary/aromatic N) is 6. The van der Waals surface area contributed by atoms with Crippen LogP contribution in [0.1, 0.15) is 22.3 Å². The summed E-state index contributed by atoms with van der Waals surface area (Å²) < 4.78 is 0. The molecular formula is C43H49Cl4N15. The summed E-state index contributed by atoms with van der Waals surface area (Å²) in [5.74, 6) is 1.80. The smallest absolute Gasteiger partial charge is 0.223 e. The summed E-state index contributed by atoms with van der Waals surface area (Å²) in [5.41, 5.74) is 47.4. The fourth-order valence-electron chi connectivity index (χ4n) is 5.40. The van der Waals surface area contributed by atoms with Crippen LogP contribution in [0.25, 0.3) is 11.3 Å². The lowest BCUT2D eigenvalue weighted by Gasteiger charge is -2.11. The highest BCUT2D eigenvalue weighted by Crippen LogP contribution is 2.28. The number of hydrogen-bond acceptors (Lipinski definition) is 15. The van der Waals surface area contributed by atoms with Crippen LogP contribution < -0.4 is 50.8 Å². The second-order valence-electron chi connectivity index (χ2n) is 13.3. The predicted molar refractivity (Wildman–Crippen MR) is 259 cm³/mol. The van der Waals surface area contributed by atoms with Gasteiger partial charge in [-0.15, -0.1) is 0 Å². The van der Waals surface area contributed by atoms with Crippen molar-refractivity contribution in [3.63, 3.8) is 0 Å². The lowest BCUT2D eigenvalue weighted by molar-refractivity contribution is 0.969. The molecule has 0 aliphatic heterocycles. The summed E-state index contributed by atoms with van der Waals surface area (Å²) in [6.45, 7) is 4.12.